The Kier molecular flexibility index (Phi) is 4.18. The molecule has 90 valence electrons. The predicted octanol–water partition coefficient (Wildman–Crippen LogP) is 3.34. The number of aromatic nitrogens is 1. The van der Waals surface area contributed by atoms with Crippen LogP contribution < -0.4 is 5.32 Å². The smallest absolute Gasteiger partial charge is 0.0948 e. The van der Waals surface area contributed by atoms with Gasteiger partial charge in [0.1, 0.15) is 0 Å². The Balaban J connectivity index is 2.20. The highest BCUT2D eigenvalue weighted by atomic mass is 35.5. The van der Waals surface area contributed by atoms with E-state index in [1.807, 2.05) is 31.2 Å². The molecule has 1 N–H and O–H groups in total. The van der Waals surface area contributed by atoms with Gasteiger partial charge in [0, 0.05) is 24.7 Å². The summed E-state index contributed by atoms with van der Waals surface area (Å²) < 4.78 is 5.28. The van der Waals surface area contributed by atoms with Crippen LogP contribution >= 0.6 is 11.6 Å². The molecule has 1 aromatic carbocycles. The number of pyridine rings is 1. The van der Waals surface area contributed by atoms with Gasteiger partial charge in [0.05, 0.1) is 22.8 Å². The third-order valence-corrected chi connectivity index (χ3v) is 2.81. The Hall–Kier alpha value is -1.32. The van der Waals surface area contributed by atoms with E-state index in [0.717, 1.165) is 34.8 Å². The minimum Gasteiger partial charge on any atom is -0.381 e. The average molecular weight is 251 g/mol. The molecule has 2 rings (SSSR count). The molecule has 0 atom stereocenters. The van der Waals surface area contributed by atoms with Crippen LogP contribution in [-0.2, 0) is 4.74 Å². The van der Waals surface area contributed by atoms with Crippen LogP contribution in [0.4, 0.5) is 5.69 Å². The largest absolute Gasteiger partial charge is 0.381 e. The molecule has 0 radical (unpaired) electrons. The topological polar surface area (TPSA) is 34.1 Å². The Morgan fingerprint density at radius 2 is 2.24 bits per heavy atom. The van der Waals surface area contributed by atoms with Crippen LogP contribution in [0.25, 0.3) is 10.9 Å². The third kappa shape index (κ3) is 2.87. The SMILES string of the molecule is CCOCCNc1ccc(Cl)c2cccnc12. The maximum Gasteiger partial charge on any atom is 0.0948 e. The van der Waals surface area contributed by atoms with Crippen LogP contribution in [0.1, 0.15) is 6.92 Å². The number of hydrogen-bond donors (Lipinski definition) is 1. The summed E-state index contributed by atoms with van der Waals surface area (Å²) in [5.41, 5.74) is 1.89. The molecule has 0 saturated carbocycles. The van der Waals surface area contributed by atoms with Gasteiger partial charge in [0.2, 0.25) is 0 Å². The first kappa shape index (κ1) is 12.1. The molecular formula is C13H15ClN2O. The van der Waals surface area contributed by atoms with Crippen LogP contribution in [0.3, 0.4) is 0 Å². The molecule has 0 aliphatic heterocycles. The highest BCUT2D eigenvalue weighted by Gasteiger charge is 2.04. The van der Waals surface area contributed by atoms with E-state index in [9.17, 15) is 0 Å². The highest BCUT2D eigenvalue weighted by Crippen LogP contribution is 2.27. The normalized spacial score (nSPS) is 10.7. The first-order valence-corrected chi connectivity index (χ1v) is 6.05. The van der Waals surface area contributed by atoms with Crippen LogP contribution in [0.5, 0.6) is 0 Å². The first-order valence-electron chi connectivity index (χ1n) is 5.67. The summed E-state index contributed by atoms with van der Waals surface area (Å²) in [5.74, 6) is 0. The van der Waals surface area contributed by atoms with Gasteiger partial charge in [-0.2, -0.15) is 0 Å². The van der Waals surface area contributed by atoms with E-state index in [-0.39, 0.29) is 0 Å². The average Bonchev–Trinajstić information content (AvgIpc) is 2.37. The summed E-state index contributed by atoms with van der Waals surface area (Å²) in [5, 5.41) is 5.00. The van der Waals surface area contributed by atoms with Gasteiger partial charge in [-0.15, -0.1) is 0 Å². The second kappa shape index (κ2) is 5.84. The van der Waals surface area contributed by atoms with Crippen molar-refractivity contribution < 1.29 is 4.74 Å². The fraction of sp³-hybridized carbons (Fsp3) is 0.308. The van der Waals surface area contributed by atoms with Gasteiger partial charge in [-0.3, -0.25) is 4.98 Å². The van der Waals surface area contributed by atoms with Crippen molar-refractivity contribution in [3.05, 3.63) is 35.5 Å². The molecule has 0 unspecified atom stereocenters. The molecule has 0 amide bonds. The zero-order chi connectivity index (χ0) is 12.1. The van der Waals surface area contributed by atoms with Crippen LogP contribution in [0.15, 0.2) is 30.5 Å². The lowest BCUT2D eigenvalue weighted by Gasteiger charge is -2.09. The molecule has 0 bridgehead atoms. The Bertz CT molecular complexity index is 502. The lowest BCUT2D eigenvalue weighted by Crippen LogP contribution is -2.09. The number of halogens is 1. The van der Waals surface area contributed by atoms with E-state index in [4.69, 9.17) is 16.3 Å². The molecule has 1 heterocycles. The summed E-state index contributed by atoms with van der Waals surface area (Å²) >= 11 is 6.12. The van der Waals surface area contributed by atoms with Gasteiger partial charge in [-0.25, -0.2) is 0 Å². The number of ether oxygens (including phenoxy) is 1. The monoisotopic (exact) mass is 250 g/mol. The van der Waals surface area contributed by atoms with E-state index >= 15 is 0 Å². The summed E-state index contributed by atoms with van der Waals surface area (Å²) in [7, 11) is 0. The lowest BCUT2D eigenvalue weighted by molar-refractivity contribution is 0.158. The zero-order valence-corrected chi connectivity index (χ0v) is 10.5. The number of nitrogens with one attached hydrogen (secondary N) is 1. The lowest BCUT2D eigenvalue weighted by atomic mass is 10.2. The molecule has 0 aliphatic rings. The number of hydrogen-bond acceptors (Lipinski definition) is 3. The first-order chi connectivity index (χ1) is 8.33. The fourth-order valence-corrected chi connectivity index (χ4v) is 1.90. The number of benzene rings is 1. The van der Waals surface area contributed by atoms with Crippen LogP contribution in [0.2, 0.25) is 5.02 Å². The van der Waals surface area contributed by atoms with Crippen LogP contribution in [-0.4, -0.2) is 24.7 Å². The van der Waals surface area contributed by atoms with Gasteiger partial charge >= 0.3 is 0 Å². The Morgan fingerprint density at radius 1 is 1.35 bits per heavy atom. The summed E-state index contributed by atoms with van der Waals surface area (Å²) in [4.78, 5) is 4.35. The van der Waals surface area contributed by atoms with Gasteiger partial charge in [0.15, 0.2) is 0 Å². The zero-order valence-electron chi connectivity index (χ0n) is 9.74. The number of anilines is 1. The Morgan fingerprint density at radius 3 is 3.06 bits per heavy atom. The standard InChI is InChI=1S/C13H15ClN2O/c1-2-17-9-8-15-12-6-5-11(14)10-4-3-7-16-13(10)12/h3-7,15H,2,8-9H2,1H3. The number of nitrogens with zero attached hydrogens (tertiary/aromatic N) is 1. The van der Waals surface area contributed by atoms with Crippen molar-refractivity contribution in [3.63, 3.8) is 0 Å². The summed E-state index contributed by atoms with van der Waals surface area (Å²) in [6.07, 6.45) is 1.77. The van der Waals surface area contributed by atoms with Crippen LogP contribution in [0, 0.1) is 0 Å². The van der Waals surface area contributed by atoms with E-state index in [1.54, 1.807) is 6.20 Å². The Labute approximate surface area is 106 Å². The summed E-state index contributed by atoms with van der Waals surface area (Å²) in [6.45, 7) is 4.18. The van der Waals surface area contributed by atoms with E-state index in [1.165, 1.54) is 0 Å². The second-order valence-corrected chi connectivity index (χ2v) is 4.03. The molecule has 1 aromatic heterocycles. The molecular weight excluding hydrogens is 236 g/mol. The molecule has 3 nitrogen and oxygen atoms in total. The predicted molar refractivity (Wildman–Crippen MR) is 71.7 cm³/mol. The molecule has 0 aliphatic carbocycles. The van der Waals surface area contributed by atoms with Gasteiger partial charge in [-0.1, -0.05) is 11.6 Å². The number of rotatable bonds is 5. The molecule has 0 saturated heterocycles. The summed E-state index contributed by atoms with van der Waals surface area (Å²) in [6, 6.07) is 7.69. The third-order valence-electron chi connectivity index (χ3n) is 2.48. The van der Waals surface area contributed by atoms with E-state index in [2.05, 4.69) is 10.3 Å². The molecule has 17 heavy (non-hydrogen) atoms. The van der Waals surface area contributed by atoms with Crippen molar-refractivity contribution in [2.24, 2.45) is 0 Å². The van der Waals surface area contributed by atoms with Crippen molar-refractivity contribution in [1.82, 2.24) is 4.98 Å². The quantitative estimate of drug-likeness (QED) is 0.827. The maximum absolute atomic E-state index is 6.12. The van der Waals surface area contributed by atoms with Crippen molar-refractivity contribution >= 4 is 28.2 Å². The fourth-order valence-electron chi connectivity index (χ4n) is 1.68. The highest BCUT2D eigenvalue weighted by molar-refractivity contribution is 6.35. The maximum atomic E-state index is 6.12. The van der Waals surface area contributed by atoms with Gasteiger partial charge < -0.3 is 10.1 Å². The minimum absolute atomic E-state index is 0.688. The van der Waals surface area contributed by atoms with Crippen molar-refractivity contribution in [2.75, 3.05) is 25.1 Å². The van der Waals surface area contributed by atoms with E-state index < -0.39 is 0 Å². The van der Waals surface area contributed by atoms with Gasteiger partial charge in [-0.05, 0) is 31.2 Å². The molecule has 2 aromatic rings. The minimum atomic E-state index is 0.688. The van der Waals surface area contributed by atoms with Crippen molar-refractivity contribution in [3.8, 4) is 0 Å². The van der Waals surface area contributed by atoms with Crippen molar-refractivity contribution in [1.29, 1.82) is 0 Å². The molecule has 0 fully saturated rings. The van der Waals surface area contributed by atoms with E-state index in [0.29, 0.717) is 6.61 Å². The molecule has 0 spiro atoms. The second-order valence-electron chi connectivity index (χ2n) is 3.62. The number of fused-ring (bicyclic) bond motifs is 1. The van der Waals surface area contributed by atoms with Crippen molar-refractivity contribution in [2.45, 2.75) is 6.92 Å². The van der Waals surface area contributed by atoms with Gasteiger partial charge in [0.25, 0.3) is 0 Å². The molecule has 4 heteroatoms.